The molecule has 3 aromatic rings. The quantitative estimate of drug-likeness (QED) is 0.345. The van der Waals surface area contributed by atoms with Crippen molar-refractivity contribution in [2.24, 2.45) is 0 Å². The molecule has 2 aromatic carbocycles. The Morgan fingerprint density at radius 3 is 2.43 bits per heavy atom. The van der Waals surface area contributed by atoms with Crippen LogP contribution in [-0.4, -0.2) is 32.3 Å². The van der Waals surface area contributed by atoms with Crippen LogP contribution in [0.1, 0.15) is 50.0 Å². The van der Waals surface area contributed by atoms with E-state index in [-0.39, 0.29) is 23.4 Å². The van der Waals surface area contributed by atoms with E-state index in [0.29, 0.717) is 34.6 Å². The molecular weight excluding hydrogens is 396 g/mol. The zero-order valence-electron chi connectivity index (χ0n) is 17.9. The van der Waals surface area contributed by atoms with Crippen LogP contribution in [0.3, 0.4) is 0 Å². The number of rotatable bonds is 7. The minimum Gasteiger partial charge on any atom is -0.396 e. The fraction of sp³-hybridized carbons (Fsp3) is 0.375. The Hall–Kier alpha value is -2.44. The molecule has 0 bridgehead atoms. The largest absolute Gasteiger partial charge is 0.396 e. The predicted molar refractivity (Wildman–Crippen MR) is 122 cm³/mol. The van der Waals surface area contributed by atoms with Crippen molar-refractivity contribution in [1.82, 2.24) is 9.55 Å². The lowest BCUT2D eigenvalue weighted by Gasteiger charge is -2.19. The number of para-hydroxylation sites is 1. The second kappa shape index (κ2) is 9.14. The third-order valence-corrected chi connectivity index (χ3v) is 6.14. The predicted octanol–water partition coefficient (Wildman–Crippen LogP) is 4.44. The van der Waals surface area contributed by atoms with E-state index in [9.17, 15) is 14.7 Å². The Balaban J connectivity index is 1.90. The van der Waals surface area contributed by atoms with E-state index in [2.05, 4.69) is 25.8 Å². The molecule has 0 fully saturated rings. The highest BCUT2D eigenvalue weighted by atomic mass is 32.2. The van der Waals surface area contributed by atoms with Gasteiger partial charge in [0.1, 0.15) is 0 Å². The summed E-state index contributed by atoms with van der Waals surface area (Å²) in [6.07, 6.45) is 0.448. The number of fused-ring (bicyclic) bond motifs is 1. The average Bonchev–Trinajstić information content (AvgIpc) is 2.72. The maximum Gasteiger partial charge on any atom is 0.262 e. The number of ketones is 1. The Morgan fingerprint density at radius 2 is 1.80 bits per heavy atom. The molecule has 1 unspecified atom stereocenters. The highest BCUT2D eigenvalue weighted by Gasteiger charge is 2.21. The number of benzene rings is 2. The Kier molecular flexibility index (Phi) is 6.78. The number of nitrogens with zero attached hydrogens (tertiary/aromatic N) is 2. The van der Waals surface area contributed by atoms with Crippen molar-refractivity contribution in [2.45, 2.75) is 56.5 Å². The molecule has 1 atom stereocenters. The van der Waals surface area contributed by atoms with E-state index in [4.69, 9.17) is 0 Å². The first-order valence-corrected chi connectivity index (χ1v) is 11.0. The summed E-state index contributed by atoms with van der Waals surface area (Å²) in [7, 11) is 0. The third kappa shape index (κ3) is 4.82. The first-order valence-electron chi connectivity index (χ1n) is 10.1. The van der Waals surface area contributed by atoms with Crippen molar-refractivity contribution in [1.29, 1.82) is 0 Å². The zero-order chi connectivity index (χ0) is 21.9. The smallest absolute Gasteiger partial charge is 0.262 e. The summed E-state index contributed by atoms with van der Waals surface area (Å²) >= 11 is 1.28. The number of aliphatic hydroxyl groups is 1. The van der Waals surface area contributed by atoms with Gasteiger partial charge in [0.05, 0.1) is 16.2 Å². The fourth-order valence-corrected chi connectivity index (χ4v) is 4.26. The fourth-order valence-electron chi connectivity index (χ4n) is 3.24. The van der Waals surface area contributed by atoms with Crippen LogP contribution in [0.5, 0.6) is 0 Å². The molecule has 0 aliphatic carbocycles. The second-order valence-electron chi connectivity index (χ2n) is 8.40. The lowest BCUT2D eigenvalue weighted by atomic mass is 9.86. The number of aromatic nitrogens is 2. The van der Waals surface area contributed by atoms with E-state index in [1.165, 1.54) is 17.3 Å². The summed E-state index contributed by atoms with van der Waals surface area (Å²) in [5, 5.41) is 9.86. The van der Waals surface area contributed by atoms with E-state index < -0.39 is 5.25 Å². The van der Waals surface area contributed by atoms with Gasteiger partial charge >= 0.3 is 0 Å². The molecule has 0 amide bonds. The lowest BCUT2D eigenvalue weighted by molar-refractivity contribution is 0.0993. The monoisotopic (exact) mass is 424 g/mol. The maximum atomic E-state index is 13.0. The Labute approximate surface area is 181 Å². The van der Waals surface area contributed by atoms with Gasteiger partial charge in [0.15, 0.2) is 10.9 Å². The number of thioether (sulfide) groups is 1. The number of hydrogen-bond donors (Lipinski definition) is 1. The van der Waals surface area contributed by atoms with Gasteiger partial charge in [-0.2, -0.15) is 0 Å². The summed E-state index contributed by atoms with van der Waals surface area (Å²) < 4.78 is 1.57. The van der Waals surface area contributed by atoms with Gasteiger partial charge in [0.25, 0.3) is 5.56 Å². The molecule has 30 heavy (non-hydrogen) atoms. The summed E-state index contributed by atoms with van der Waals surface area (Å²) in [6.45, 7) is 8.59. The summed E-state index contributed by atoms with van der Waals surface area (Å²) in [4.78, 5) is 30.6. The minimum atomic E-state index is -0.404. The van der Waals surface area contributed by atoms with Crippen molar-refractivity contribution in [3.8, 4) is 0 Å². The molecular formula is C24H28N2O3S. The molecule has 1 aromatic heterocycles. The molecule has 158 valence electrons. The maximum absolute atomic E-state index is 13.0. The molecule has 6 heteroatoms. The number of hydrogen-bond acceptors (Lipinski definition) is 5. The van der Waals surface area contributed by atoms with Crippen LogP contribution in [0, 0.1) is 0 Å². The van der Waals surface area contributed by atoms with Crippen molar-refractivity contribution < 1.29 is 9.90 Å². The van der Waals surface area contributed by atoms with E-state index in [0.717, 1.165) is 0 Å². The first-order chi connectivity index (χ1) is 14.2. The number of Topliss-reactive ketones (excluding diaryl/α,β-unsaturated/α-hetero) is 1. The van der Waals surface area contributed by atoms with Crippen LogP contribution in [0.2, 0.25) is 0 Å². The zero-order valence-corrected chi connectivity index (χ0v) is 18.7. The lowest BCUT2D eigenvalue weighted by Crippen LogP contribution is -2.25. The van der Waals surface area contributed by atoms with Crippen molar-refractivity contribution >= 4 is 28.4 Å². The Bertz CT molecular complexity index is 1100. The average molecular weight is 425 g/mol. The SMILES string of the molecule is CC(Sc1nc2ccccc2c(=O)n1CCCO)C(=O)c1ccc(C(C)(C)C)cc1. The highest BCUT2D eigenvalue weighted by molar-refractivity contribution is 8.00. The normalized spacial score (nSPS) is 12.8. The molecule has 1 N–H and O–H groups in total. The van der Waals surface area contributed by atoms with Crippen LogP contribution in [0.15, 0.2) is 58.5 Å². The summed E-state index contributed by atoms with van der Waals surface area (Å²) in [5.74, 6) is -0.00317. The molecule has 0 aliphatic rings. The van der Waals surface area contributed by atoms with Crippen molar-refractivity contribution in [2.75, 3.05) is 6.61 Å². The van der Waals surface area contributed by atoms with E-state index in [1.807, 2.05) is 43.3 Å². The Morgan fingerprint density at radius 1 is 1.13 bits per heavy atom. The number of aliphatic hydroxyl groups excluding tert-OH is 1. The molecule has 5 nitrogen and oxygen atoms in total. The van der Waals surface area contributed by atoms with Gasteiger partial charge in [-0.05, 0) is 36.5 Å². The molecule has 0 spiro atoms. The second-order valence-corrected chi connectivity index (χ2v) is 9.71. The van der Waals surface area contributed by atoms with Gasteiger partial charge in [-0.15, -0.1) is 0 Å². The van der Waals surface area contributed by atoms with Crippen molar-refractivity contribution in [3.63, 3.8) is 0 Å². The third-order valence-electron chi connectivity index (χ3n) is 5.05. The molecule has 0 aliphatic heterocycles. The van der Waals surface area contributed by atoms with E-state index in [1.54, 1.807) is 16.7 Å². The van der Waals surface area contributed by atoms with Crippen LogP contribution in [0.25, 0.3) is 10.9 Å². The summed E-state index contributed by atoms with van der Waals surface area (Å²) in [6, 6.07) is 14.9. The van der Waals surface area contributed by atoms with Crippen molar-refractivity contribution in [3.05, 3.63) is 70.0 Å². The topological polar surface area (TPSA) is 72.2 Å². The van der Waals surface area contributed by atoms with Gasteiger partial charge in [-0.3, -0.25) is 14.2 Å². The molecule has 1 heterocycles. The van der Waals surface area contributed by atoms with E-state index >= 15 is 0 Å². The summed E-state index contributed by atoms with van der Waals surface area (Å²) in [5.41, 5.74) is 2.31. The van der Waals surface area contributed by atoms with Gasteiger partial charge < -0.3 is 5.11 Å². The minimum absolute atomic E-state index is 0.00317. The van der Waals surface area contributed by atoms with Gasteiger partial charge in [-0.25, -0.2) is 4.98 Å². The van der Waals surface area contributed by atoms with Gasteiger partial charge in [0, 0.05) is 18.7 Å². The molecule has 0 radical (unpaired) electrons. The number of carbonyl (C=O) groups excluding carboxylic acids is 1. The van der Waals surface area contributed by atoms with Crippen LogP contribution < -0.4 is 5.56 Å². The van der Waals surface area contributed by atoms with Crippen LogP contribution in [0.4, 0.5) is 0 Å². The van der Waals surface area contributed by atoms with Crippen LogP contribution in [-0.2, 0) is 12.0 Å². The van der Waals surface area contributed by atoms with Crippen LogP contribution >= 0.6 is 11.8 Å². The van der Waals surface area contributed by atoms with Gasteiger partial charge in [0.2, 0.25) is 0 Å². The molecule has 3 rings (SSSR count). The molecule has 0 saturated heterocycles. The highest BCUT2D eigenvalue weighted by Crippen LogP contribution is 2.27. The van der Waals surface area contributed by atoms with Gasteiger partial charge in [-0.1, -0.05) is 68.9 Å². The molecule has 0 saturated carbocycles. The first kappa shape index (κ1) is 22.2. The standard InChI is InChI=1S/C24H28N2O3S/c1-16(21(28)17-10-12-18(13-11-17)24(2,3)4)30-23-25-20-9-6-5-8-19(20)22(29)26(23)14-7-15-27/h5-6,8-13,16,27H,7,14-15H2,1-4H3. The number of carbonyl (C=O) groups is 1.